The molecule has 3 aromatic heterocycles. The van der Waals surface area contributed by atoms with E-state index in [-0.39, 0.29) is 39.3 Å². The van der Waals surface area contributed by atoms with Gasteiger partial charge >= 0.3 is 11.6 Å². The molecule has 2 aromatic carbocycles. The number of para-hydroxylation sites is 2. The Hall–Kier alpha value is -4.64. The van der Waals surface area contributed by atoms with Crippen LogP contribution in [0, 0.1) is 5.82 Å². The molecule has 1 N–H and O–H groups in total. The molecule has 0 unspecified atom stereocenters. The van der Waals surface area contributed by atoms with Crippen molar-refractivity contribution in [3.8, 4) is 5.69 Å². The van der Waals surface area contributed by atoms with Gasteiger partial charge in [-0.1, -0.05) is 30.3 Å². The minimum absolute atomic E-state index is 0.0468. The first-order chi connectivity index (χ1) is 17.4. The van der Waals surface area contributed by atoms with E-state index in [1.165, 1.54) is 29.6 Å². The Morgan fingerprint density at radius 1 is 1.14 bits per heavy atom. The predicted molar refractivity (Wildman–Crippen MR) is 132 cm³/mol. The van der Waals surface area contributed by atoms with Crippen molar-refractivity contribution in [2.24, 2.45) is 0 Å². The van der Waals surface area contributed by atoms with Gasteiger partial charge in [0.05, 0.1) is 12.0 Å². The van der Waals surface area contributed by atoms with Crippen LogP contribution in [0.1, 0.15) is 27.8 Å². The monoisotopic (exact) mass is 505 g/mol. The van der Waals surface area contributed by atoms with Crippen LogP contribution in [-0.4, -0.2) is 28.3 Å². The number of carbonyl (C=O) groups excluding carboxylic acids is 2. The van der Waals surface area contributed by atoms with E-state index in [0.29, 0.717) is 11.0 Å². The topological polar surface area (TPSA) is 120 Å². The van der Waals surface area contributed by atoms with Gasteiger partial charge in [0.2, 0.25) is 0 Å². The molecule has 0 bridgehead atoms. The molecule has 5 aromatic rings. The van der Waals surface area contributed by atoms with Crippen LogP contribution in [0.4, 0.5) is 9.39 Å². The molecule has 11 heteroatoms. The summed E-state index contributed by atoms with van der Waals surface area (Å²) in [6, 6.07) is 13.5. The van der Waals surface area contributed by atoms with Crippen LogP contribution < -0.4 is 16.5 Å². The van der Waals surface area contributed by atoms with Crippen molar-refractivity contribution in [3.63, 3.8) is 0 Å². The van der Waals surface area contributed by atoms with Gasteiger partial charge in [0, 0.05) is 16.2 Å². The summed E-state index contributed by atoms with van der Waals surface area (Å²) in [7, 11) is 0. The average molecular weight is 505 g/mol. The standard InChI is InChI=1S/C25H16FN3O6S/c1-2-34-25(33)20-15-12-36-22(19(15)23(31)29(28-20)17-9-5-4-8-16(17)26)27-21(30)14-11-13-7-3-6-10-18(13)35-24(14)32/h3-12H,2H2,1H3,(H,27,30). The lowest BCUT2D eigenvalue weighted by Gasteiger charge is -2.10. The first-order valence-electron chi connectivity index (χ1n) is 10.7. The highest BCUT2D eigenvalue weighted by molar-refractivity contribution is 7.16. The quantitative estimate of drug-likeness (QED) is 0.282. The van der Waals surface area contributed by atoms with Crippen LogP contribution in [0.5, 0.6) is 0 Å². The zero-order chi connectivity index (χ0) is 25.4. The summed E-state index contributed by atoms with van der Waals surface area (Å²) in [5.74, 6) is -2.38. The number of hydrogen-bond donors (Lipinski definition) is 1. The van der Waals surface area contributed by atoms with Crippen molar-refractivity contribution in [2.45, 2.75) is 6.92 Å². The lowest BCUT2D eigenvalue weighted by atomic mass is 10.1. The molecular weight excluding hydrogens is 489 g/mol. The maximum atomic E-state index is 14.5. The Kier molecular flexibility index (Phi) is 5.90. The number of halogens is 1. The van der Waals surface area contributed by atoms with Gasteiger partial charge < -0.3 is 14.5 Å². The lowest BCUT2D eigenvalue weighted by molar-refractivity contribution is 0.0519. The zero-order valence-electron chi connectivity index (χ0n) is 18.6. The normalized spacial score (nSPS) is 11.1. The Balaban J connectivity index is 1.67. The van der Waals surface area contributed by atoms with Crippen LogP contribution in [0.3, 0.4) is 0 Å². The molecule has 0 aliphatic heterocycles. The number of carbonyl (C=O) groups is 2. The van der Waals surface area contributed by atoms with Gasteiger partial charge in [-0.3, -0.25) is 9.59 Å². The third-order valence-electron chi connectivity index (χ3n) is 5.31. The fourth-order valence-corrected chi connectivity index (χ4v) is 4.60. The number of esters is 1. The minimum atomic E-state index is -0.857. The van der Waals surface area contributed by atoms with Crippen molar-refractivity contribution < 1.29 is 23.1 Å². The number of thiophene rings is 1. The number of anilines is 1. The van der Waals surface area contributed by atoms with Gasteiger partial charge in [-0.15, -0.1) is 11.3 Å². The van der Waals surface area contributed by atoms with E-state index in [0.717, 1.165) is 22.1 Å². The maximum Gasteiger partial charge on any atom is 0.359 e. The molecule has 0 saturated heterocycles. The van der Waals surface area contributed by atoms with Crippen molar-refractivity contribution in [3.05, 3.63) is 97.8 Å². The summed E-state index contributed by atoms with van der Waals surface area (Å²) in [4.78, 5) is 51.5. The number of amides is 1. The number of rotatable bonds is 5. The summed E-state index contributed by atoms with van der Waals surface area (Å²) in [5, 5.41) is 8.70. The van der Waals surface area contributed by atoms with Crippen LogP contribution in [-0.2, 0) is 4.74 Å². The Morgan fingerprint density at radius 2 is 1.89 bits per heavy atom. The fourth-order valence-electron chi connectivity index (χ4n) is 3.67. The van der Waals surface area contributed by atoms with Crippen LogP contribution in [0.25, 0.3) is 27.4 Å². The van der Waals surface area contributed by atoms with Crippen LogP contribution in [0.15, 0.2) is 74.0 Å². The number of ether oxygens (including phenoxy) is 1. The van der Waals surface area contributed by atoms with E-state index >= 15 is 0 Å². The van der Waals surface area contributed by atoms with Crippen molar-refractivity contribution >= 4 is 50.0 Å². The molecule has 180 valence electrons. The predicted octanol–water partition coefficient (Wildman–Crippen LogP) is 4.12. The number of hydrogen-bond acceptors (Lipinski definition) is 8. The van der Waals surface area contributed by atoms with Gasteiger partial charge in [-0.2, -0.15) is 9.78 Å². The highest BCUT2D eigenvalue weighted by Crippen LogP contribution is 2.31. The van der Waals surface area contributed by atoms with Crippen molar-refractivity contribution in [1.82, 2.24) is 9.78 Å². The summed E-state index contributed by atoms with van der Waals surface area (Å²) in [6.45, 7) is 1.66. The Labute approximate surface area is 205 Å². The van der Waals surface area contributed by atoms with Gasteiger partial charge in [0.25, 0.3) is 11.5 Å². The highest BCUT2D eigenvalue weighted by atomic mass is 32.1. The van der Waals surface area contributed by atoms with E-state index in [4.69, 9.17) is 9.15 Å². The molecule has 36 heavy (non-hydrogen) atoms. The van der Waals surface area contributed by atoms with Gasteiger partial charge in [-0.05, 0) is 31.2 Å². The molecule has 9 nitrogen and oxygen atoms in total. The largest absolute Gasteiger partial charge is 0.461 e. The zero-order valence-corrected chi connectivity index (χ0v) is 19.4. The van der Waals surface area contributed by atoms with Gasteiger partial charge in [0.15, 0.2) is 5.69 Å². The van der Waals surface area contributed by atoms with Crippen molar-refractivity contribution in [1.29, 1.82) is 0 Å². The second kappa shape index (κ2) is 9.19. The highest BCUT2D eigenvalue weighted by Gasteiger charge is 2.25. The van der Waals surface area contributed by atoms with Crippen LogP contribution in [0.2, 0.25) is 0 Å². The SMILES string of the molecule is CCOC(=O)c1nn(-c2ccccc2F)c(=O)c2c(NC(=O)c3cc4ccccc4oc3=O)scc12. The molecular formula is C25H16FN3O6S. The van der Waals surface area contributed by atoms with E-state index in [1.54, 1.807) is 31.2 Å². The molecule has 0 saturated carbocycles. The average Bonchev–Trinajstić information content (AvgIpc) is 3.28. The molecule has 0 atom stereocenters. The molecule has 0 fully saturated rings. The molecule has 0 radical (unpaired) electrons. The van der Waals surface area contributed by atoms with Crippen molar-refractivity contribution in [2.75, 3.05) is 11.9 Å². The molecule has 0 aliphatic carbocycles. The summed E-state index contributed by atoms with van der Waals surface area (Å²) in [6.07, 6.45) is 0. The second-order valence-corrected chi connectivity index (χ2v) is 8.41. The van der Waals surface area contributed by atoms with Crippen LogP contribution >= 0.6 is 11.3 Å². The van der Waals surface area contributed by atoms with E-state index in [9.17, 15) is 23.6 Å². The number of fused-ring (bicyclic) bond motifs is 2. The molecule has 1 amide bonds. The molecule has 5 rings (SSSR count). The number of nitrogens with one attached hydrogen (secondary N) is 1. The fraction of sp³-hybridized carbons (Fsp3) is 0.0800. The van der Waals surface area contributed by atoms with Gasteiger partial charge in [-0.25, -0.2) is 14.0 Å². The molecule has 0 spiro atoms. The summed E-state index contributed by atoms with van der Waals surface area (Å²) in [5.41, 5.74) is -2.00. The smallest absolute Gasteiger partial charge is 0.359 e. The molecule has 0 aliphatic rings. The summed E-state index contributed by atoms with van der Waals surface area (Å²) >= 11 is 0.948. The van der Waals surface area contributed by atoms with E-state index in [2.05, 4.69) is 10.4 Å². The molecule has 3 heterocycles. The first kappa shape index (κ1) is 23.1. The Bertz CT molecular complexity index is 1790. The van der Waals surface area contributed by atoms with E-state index in [1.807, 2.05) is 0 Å². The number of benzene rings is 2. The maximum absolute atomic E-state index is 14.5. The first-order valence-corrected chi connectivity index (χ1v) is 11.6. The van der Waals surface area contributed by atoms with E-state index < -0.39 is 28.9 Å². The summed E-state index contributed by atoms with van der Waals surface area (Å²) < 4.78 is 25.6. The second-order valence-electron chi connectivity index (χ2n) is 7.53. The van der Waals surface area contributed by atoms with Gasteiger partial charge in [0.1, 0.15) is 27.7 Å². The third kappa shape index (κ3) is 3.95. The third-order valence-corrected chi connectivity index (χ3v) is 6.21. The minimum Gasteiger partial charge on any atom is -0.461 e. The number of nitrogens with zero attached hydrogens (tertiary/aromatic N) is 2. The lowest BCUT2D eigenvalue weighted by Crippen LogP contribution is -2.26. The Morgan fingerprint density at radius 3 is 2.67 bits per heavy atom. The number of aromatic nitrogens is 2.